The molecule has 4 heteroatoms. The molecular weight excluding hydrogens is 339 g/mol. The van der Waals surface area contributed by atoms with Crippen LogP contribution in [0.25, 0.3) is 0 Å². The number of aliphatic hydroxyl groups excluding tert-OH is 1. The average molecular weight is 355 g/mol. The van der Waals surface area contributed by atoms with Gasteiger partial charge in [-0.2, -0.15) is 0 Å². The molecule has 0 fully saturated rings. The molecule has 2 rings (SSSR count). The van der Waals surface area contributed by atoms with Gasteiger partial charge in [0.2, 0.25) is 0 Å². The Balaban J connectivity index is 1.92. The van der Waals surface area contributed by atoms with Gasteiger partial charge in [0.05, 0.1) is 6.10 Å². The van der Waals surface area contributed by atoms with Crippen LogP contribution in [0.2, 0.25) is 0 Å². The smallest absolute Gasteiger partial charge is 0.123 e. The highest BCUT2D eigenvalue weighted by molar-refractivity contribution is 9.10. The molecule has 0 saturated carbocycles. The molecule has 0 saturated heterocycles. The highest BCUT2D eigenvalue weighted by atomic mass is 79.9. The Morgan fingerprint density at radius 1 is 1.25 bits per heavy atom. The molecule has 0 spiro atoms. The molecular formula is C16H16BrFOS. The van der Waals surface area contributed by atoms with Crippen molar-refractivity contribution in [3.63, 3.8) is 0 Å². The van der Waals surface area contributed by atoms with E-state index in [-0.39, 0.29) is 5.82 Å². The summed E-state index contributed by atoms with van der Waals surface area (Å²) in [6.07, 6.45) is -0.00981. The zero-order valence-corrected chi connectivity index (χ0v) is 13.5. The molecule has 0 aromatic heterocycles. The van der Waals surface area contributed by atoms with E-state index in [0.29, 0.717) is 12.2 Å². The highest BCUT2D eigenvalue weighted by Crippen LogP contribution is 2.23. The van der Waals surface area contributed by atoms with Gasteiger partial charge in [0.1, 0.15) is 5.82 Å². The summed E-state index contributed by atoms with van der Waals surface area (Å²) in [6, 6.07) is 12.7. The zero-order chi connectivity index (χ0) is 14.5. The van der Waals surface area contributed by atoms with Crippen molar-refractivity contribution in [2.24, 2.45) is 0 Å². The van der Waals surface area contributed by atoms with Gasteiger partial charge in [0.25, 0.3) is 0 Å². The second-order valence-electron chi connectivity index (χ2n) is 4.70. The third-order valence-electron chi connectivity index (χ3n) is 3.01. The third kappa shape index (κ3) is 4.62. The van der Waals surface area contributed by atoms with E-state index in [1.807, 2.05) is 31.2 Å². The van der Waals surface area contributed by atoms with Gasteiger partial charge in [-0.3, -0.25) is 0 Å². The van der Waals surface area contributed by atoms with Crippen molar-refractivity contribution in [1.82, 2.24) is 0 Å². The second kappa shape index (κ2) is 7.25. The van der Waals surface area contributed by atoms with Gasteiger partial charge in [0, 0.05) is 15.1 Å². The van der Waals surface area contributed by atoms with Gasteiger partial charge in [-0.05, 0) is 54.8 Å². The lowest BCUT2D eigenvalue weighted by Crippen LogP contribution is -2.14. The summed E-state index contributed by atoms with van der Waals surface area (Å²) in [4.78, 5) is 1.11. The lowest BCUT2D eigenvalue weighted by Gasteiger charge is -2.12. The van der Waals surface area contributed by atoms with E-state index in [4.69, 9.17) is 0 Å². The number of benzene rings is 2. The van der Waals surface area contributed by atoms with Crippen molar-refractivity contribution in [2.75, 3.05) is 5.75 Å². The van der Waals surface area contributed by atoms with E-state index in [1.165, 1.54) is 12.1 Å². The molecule has 1 atom stereocenters. The molecule has 106 valence electrons. The van der Waals surface area contributed by atoms with Crippen LogP contribution in [0.1, 0.15) is 11.1 Å². The predicted molar refractivity (Wildman–Crippen MR) is 85.7 cm³/mol. The number of hydrogen-bond donors (Lipinski definition) is 1. The lowest BCUT2D eigenvalue weighted by atomic mass is 10.0. The van der Waals surface area contributed by atoms with E-state index in [9.17, 15) is 9.50 Å². The van der Waals surface area contributed by atoms with Gasteiger partial charge < -0.3 is 5.11 Å². The Kier molecular flexibility index (Phi) is 5.64. The Morgan fingerprint density at radius 2 is 2.05 bits per heavy atom. The summed E-state index contributed by atoms with van der Waals surface area (Å²) in [7, 11) is 0. The van der Waals surface area contributed by atoms with Crippen molar-refractivity contribution in [3.05, 3.63) is 63.9 Å². The molecule has 1 unspecified atom stereocenters. The van der Waals surface area contributed by atoms with Crippen LogP contribution < -0.4 is 0 Å². The van der Waals surface area contributed by atoms with Crippen molar-refractivity contribution >= 4 is 27.7 Å². The molecule has 0 aliphatic rings. The molecule has 0 radical (unpaired) electrons. The van der Waals surface area contributed by atoms with Crippen LogP contribution in [0.5, 0.6) is 0 Å². The maximum Gasteiger partial charge on any atom is 0.123 e. The molecule has 0 amide bonds. The number of rotatable bonds is 5. The molecule has 0 aliphatic carbocycles. The number of aliphatic hydroxyl groups is 1. The first kappa shape index (κ1) is 15.5. The maximum absolute atomic E-state index is 13.2. The van der Waals surface area contributed by atoms with E-state index in [2.05, 4.69) is 15.9 Å². The Morgan fingerprint density at radius 3 is 2.80 bits per heavy atom. The lowest BCUT2D eigenvalue weighted by molar-refractivity contribution is 0.200. The summed E-state index contributed by atoms with van der Waals surface area (Å²) in [5, 5.41) is 10.1. The molecule has 2 aromatic rings. The first-order valence-corrected chi connectivity index (χ1v) is 8.14. The average Bonchev–Trinajstić information content (AvgIpc) is 2.41. The van der Waals surface area contributed by atoms with Gasteiger partial charge in [0.15, 0.2) is 0 Å². The third-order valence-corrected chi connectivity index (χ3v) is 4.64. The largest absolute Gasteiger partial charge is 0.392 e. The molecule has 0 heterocycles. The molecule has 0 aliphatic heterocycles. The van der Waals surface area contributed by atoms with Crippen molar-refractivity contribution in [1.29, 1.82) is 0 Å². The molecule has 1 N–H and O–H groups in total. The Hall–Kier alpha value is -0.840. The van der Waals surface area contributed by atoms with E-state index >= 15 is 0 Å². The number of thioether (sulfide) groups is 1. The quantitative estimate of drug-likeness (QED) is 0.792. The maximum atomic E-state index is 13.2. The van der Waals surface area contributed by atoms with E-state index in [1.54, 1.807) is 17.8 Å². The highest BCUT2D eigenvalue weighted by Gasteiger charge is 2.09. The van der Waals surface area contributed by atoms with Crippen LogP contribution in [0.4, 0.5) is 4.39 Å². The SMILES string of the molecule is Cc1ccc(F)cc1CC(O)CSc1cccc(Br)c1. The fourth-order valence-corrected chi connectivity index (χ4v) is 3.36. The summed E-state index contributed by atoms with van der Waals surface area (Å²) < 4.78 is 14.2. The molecule has 2 aromatic carbocycles. The van der Waals surface area contributed by atoms with Crippen LogP contribution in [0, 0.1) is 12.7 Å². The minimum atomic E-state index is -0.487. The fraction of sp³-hybridized carbons (Fsp3) is 0.250. The summed E-state index contributed by atoms with van der Waals surface area (Å²) in [5.74, 6) is 0.337. The van der Waals surface area contributed by atoms with Crippen LogP contribution in [0.15, 0.2) is 51.8 Å². The van der Waals surface area contributed by atoms with Gasteiger partial charge in [-0.1, -0.05) is 28.1 Å². The van der Waals surface area contributed by atoms with Crippen LogP contribution in [-0.2, 0) is 6.42 Å². The minimum absolute atomic E-state index is 0.252. The van der Waals surface area contributed by atoms with Crippen LogP contribution in [0.3, 0.4) is 0 Å². The van der Waals surface area contributed by atoms with E-state index in [0.717, 1.165) is 20.5 Å². The Labute approximate surface area is 131 Å². The fourth-order valence-electron chi connectivity index (χ4n) is 1.92. The van der Waals surface area contributed by atoms with Crippen LogP contribution >= 0.6 is 27.7 Å². The molecule has 0 bridgehead atoms. The topological polar surface area (TPSA) is 20.2 Å². The number of aryl methyl sites for hydroxylation is 1. The second-order valence-corrected chi connectivity index (χ2v) is 6.71. The van der Waals surface area contributed by atoms with Gasteiger partial charge in [-0.15, -0.1) is 11.8 Å². The van der Waals surface area contributed by atoms with Crippen molar-refractivity contribution in [3.8, 4) is 0 Å². The summed E-state index contributed by atoms with van der Waals surface area (Å²) in [5.41, 5.74) is 1.88. The normalized spacial score (nSPS) is 12.4. The number of hydrogen-bond acceptors (Lipinski definition) is 2. The van der Waals surface area contributed by atoms with E-state index < -0.39 is 6.10 Å². The van der Waals surface area contributed by atoms with Gasteiger partial charge >= 0.3 is 0 Å². The summed E-state index contributed by atoms with van der Waals surface area (Å²) >= 11 is 5.02. The van der Waals surface area contributed by atoms with Crippen molar-refractivity contribution in [2.45, 2.75) is 24.3 Å². The number of halogens is 2. The summed E-state index contributed by atoms with van der Waals surface area (Å²) in [6.45, 7) is 1.93. The van der Waals surface area contributed by atoms with Crippen LogP contribution in [-0.4, -0.2) is 17.0 Å². The zero-order valence-electron chi connectivity index (χ0n) is 11.1. The standard InChI is InChI=1S/C16H16BrFOS/c1-11-5-6-14(18)7-12(11)8-15(19)10-20-16-4-2-3-13(17)9-16/h2-7,9,15,19H,8,10H2,1H3. The predicted octanol–water partition coefficient (Wildman–Crippen LogP) is 4.59. The Bertz CT molecular complexity index is 588. The first-order chi connectivity index (χ1) is 9.54. The molecule has 20 heavy (non-hydrogen) atoms. The molecule has 1 nitrogen and oxygen atoms in total. The van der Waals surface area contributed by atoms with Gasteiger partial charge in [-0.25, -0.2) is 4.39 Å². The monoisotopic (exact) mass is 354 g/mol. The van der Waals surface area contributed by atoms with Crippen molar-refractivity contribution < 1.29 is 9.50 Å². The first-order valence-electron chi connectivity index (χ1n) is 6.36. The minimum Gasteiger partial charge on any atom is -0.392 e.